The van der Waals surface area contributed by atoms with Crippen LogP contribution < -0.4 is 14.8 Å². The average molecular weight is 318 g/mol. The Kier molecular flexibility index (Phi) is 5.01. The molecule has 1 heterocycles. The van der Waals surface area contributed by atoms with E-state index in [1.807, 2.05) is 6.07 Å². The number of carboxylic acid groups (broad SMARTS) is 1. The number of hydrogen-bond donors (Lipinski definition) is 2. The Morgan fingerprint density at radius 1 is 1.45 bits per heavy atom. The Balaban J connectivity index is 2.30. The monoisotopic (exact) mass is 317 g/mol. The molecule has 110 valence electrons. The molecule has 1 aromatic rings. The topological polar surface area (TPSA) is 67.8 Å². The number of aliphatic carboxylic acids is 1. The van der Waals surface area contributed by atoms with Crippen LogP contribution in [-0.2, 0) is 4.79 Å². The van der Waals surface area contributed by atoms with Crippen LogP contribution in [0.1, 0.15) is 17.4 Å². The fourth-order valence-corrected chi connectivity index (χ4v) is 3.75. The van der Waals surface area contributed by atoms with Crippen molar-refractivity contribution in [1.29, 1.82) is 0 Å². The second-order valence-electron chi connectivity index (χ2n) is 4.30. The first-order chi connectivity index (χ1) is 9.58. The first-order valence-corrected chi connectivity index (χ1v) is 7.52. The SMILES string of the molecule is COc1ccc(C2NC(C(=O)O)CCS2)c(Cl)c1OC. The molecule has 5 nitrogen and oxygen atoms in total. The molecule has 0 amide bonds. The van der Waals surface area contributed by atoms with Gasteiger partial charge in [0.15, 0.2) is 11.5 Å². The van der Waals surface area contributed by atoms with E-state index in [9.17, 15) is 4.79 Å². The van der Waals surface area contributed by atoms with Crippen LogP contribution in [0, 0.1) is 0 Å². The molecular weight excluding hydrogens is 302 g/mol. The molecule has 2 N–H and O–H groups in total. The van der Waals surface area contributed by atoms with Crippen molar-refractivity contribution in [3.05, 3.63) is 22.7 Å². The largest absolute Gasteiger partial charge is 0.493 e. The van der Waals surface area contributed by atoms with Crippen LogP contribution in [0.5, 0.6) is 11.5 Å². The maximum Gasteiger partial charge on any atom is 0.320 e. The number of carbonyl (C=O) groups is 1. The van der Waals surface area contributed by atoms with Gasteiger partial charge in [0.05, 0.1) is 24.6 Å². The number of halogens is 1. The molecular formula is C13H16ClNO4S. The third kappa shape index (κ3) is 2.97. The van der Waals surface area contributed by atoms with Crippen LogP contribution in [0.25, 0.3) is 0 Å². The van der Waals surface area contributed by atoms with Crippen LogP contribution in [0.15, 0.2) is 12.1 Å². The molecule has 0 aromatic heterocycles. The van der Waals surface area contributed by atoms with Gasteiger partial charge in [0, 0.05) is 5.56 Å². The second kappa shape index (κ2) is 6.56. The van der Waals surface area contributed by atoms with Crippen molar-refractivity contribution in [2.45, 2.75) is 17.8 Å². The van der Waals surface area contributed by atoms with Crippen LogP contribution in [-0.4, -0.2) is 37.1 Å². The fourth-order valence-electron chi connectivity index (χ4n) is 2.10. The lowest BCUT2D eigenvalue weighted by molar-refractivity contribution is -0.139. The number of rotatable bonds is 4. The van der Waals surface area contributed by atoms with Crippen LogP contribution in [0.3, 0.4) is 0 Å². The Morgan fingerprint density at radius 2 is 2.20 bits per heavy atom. The van der Waals surface area contributed by atoms with Crippen molar-refractivity contribution >= 4 is 29.3 Å². The van der Waals surface area contributed by atoms with Crippen molar-refractivity contribution in [1.82, 2.24) is 5.32 Å². The van der Waals surface area contributed by atoms with Crippen molar-refractivity contribution in [3.8, 4) is 11.5 Å². The standard InChI is InChI=1S/C13H16ClNO4S/c1-18-9-4-3-7(10(14)11(9)19-2)12-15-8(13(16)17)5-6-20-12/h3-4,8,12,15H,5-6H2,1-2H3,(H,16,17). The quantitative estimate of drug-likeness (QED) is 0.889. The van der Waals surface area contributed by atoms with Gasteiger partial charge in [-0.1, -0.05) is 17.7 Å². The van der Waals surface area contributed by atoms with Gasteiger partial charge >= 0.3 is 5.97 Å². The van der Waals surface area contributed by atoms with Gasteiger partial charge in [-0.3, -0.25) is 10.1 Å². The molecule has 2 atom stereocenters. The van der Waals surface area contributed by atoms with Gasteiger partial charge in [-0.25, -0.2) is 0 Å². The van der Waals surface area contributed by atoms with E-state index in [2.05, 4.69) is 5.32 Å². The molecule has 0 aliphatic carbocycles. The zero-order chi connectivity index (χ0) is 14.7. The second-order valence-corrected chi connectivity index (χ2v) is 5.89. The summed E-state index contributed by atoms with van der Waals surface area (Å²) in [4.78, 5) is 11.1. The number of ether oxygens (including phenoxy) is 2. The predicted molar refractivity (Wildman–Crippen MR) is 78.9 cm³/mol. The summed E-state index contributed by atoms with van der Waals surface area (Å²) in [6.45, 7) is 0. The number of thioether (sulfide) groups is 1. The molecule has 1 aromatic carbocycles. The minimum Gasteiger partial charge on any atom is -0.493 e. The summed E-state index contributed by atoms with van der Waals surface area (Å²) in [7, 11) is 3.07. The summed E-state index contributed by atoms with van der Waals surface area (Å²) >= 11 is 7.98. The molecule has 1 fully saturated rings. The summed E-state index contributed by atoms with van der Waals surface area (Å²) in [5.74, 6) is 0.939. The van der Waals surface area contributed by atoms with Crippen LogP contribution in [0.2, 0.25) is 5.02 Å². The van der Waals surface area contributed by atoms with Gasteiger partial charge < -0.3 is 14.6 Å². The van der Waals surface area contributed by atoms with Crippen LogP contribution in [0.4, 0.5) is 0 Å². The number of hydrogen-bond acceptors (Lipinski definition) is 5. The lowest BCUT2D eigenvalue weighted by Crippen LogP contribution is -2.41. The molecule has 0 radical (unpaired) electrons. The summed E-state index contributed by atoms with van der Waals surface area (Å²) in [6, 6.07) is 3.05. The van der Waals surface area contributed by atoms with Gasteiger partial charge in [0.25, 0.3) is 0 Å². The van der Waals surface area contributed by atoms with E-state index < -0.39 is 12.0 Å². The highest BCUT2D eigenvalue weighted by Crippen LogP contribution is 2.43. The van der Waals surface area contributed by atoms with Gasteiger partial charge in [0.1, 0.15) is 6.04 Å². The first kappa shape index (κ1) is 15.3. The smallest absolute Gasteiger partial charge is 0.320 e. The number of nitrogens with one attached hydrogen (secondary N) is 1. The Morgan fingerprint density at radius 3 is 2.80 bits per heavy atom. The van der Waals surface area contributed by atoms with Gasteiger partial charge in [0.2, 0.25) is 0 Å². The van der Waals surface area contributed by atoms with Gasteiger partial charge in [-0.15, -0.1) is 11.8 Å². The average Bonchev–Trinajstić information content (AvgIpc) is 2.46. The van der Waals surface area contributed by atoms with Crippen LogP contribution >= 0.6 is 23.4 Å². The fraction of sp³-hybridized carbons (Fsp3) is 0.462. The molecule has 20 heavy (non-hydrogen) atoms. The molecule has 2 unspecified atom stereocenters. The number of benzene rings is 1. The van der Waals surface area contributed by atoms with E-state index in [-0.39, 0.29) is 5.37 Å². The molecule has 1 aliphatic rings. The lowest BCUT2D eigenvalue weighted by atomic mass is 10.1. The van der Waals surface area contributed by atoms with Gasteiger partial charge in [-0.05, 0) is 18.2 Å². The summed E-state index contributed by atoms with van der Waals surface area (Å²) in [5, 5.41) is 12.5. The van der Waals surface area contributed by atoms with Crippen molar-refractivity contribution < 1.29 is 19.4 Å². The van der Waals surface area contributed by atoms with E-state index >= 15 is 0 Å². The lowest BCUT2D eigenvalue weighted by Gasteiger charge is -2.29. The summed E-state index contributed by atoms with van der Waals surface area (Å²) in [5.41, 5.74) is 0.806. The Hall–Kier alpha value is -1.11. The third-order valence-corrected chi connectivity index (χ3v) is 4.72. The zero-order valence-electron chi connectivity index (χ0n) is 11.2. The summed E-state index contributed by atoms with van der Waals surface area (Å²) in [6.07, 6.45) is 0.599. The maximum absolute atomic E-state index is 11.1. The molecule has 0 bridgehead atoms. The van der Waals surface area contributed by atoms with E-state index in [1.165, 1.54) is 7.11 Å². The maximum atomic E-state index is 11.1. The molecule has 0 spiro atoms. The minimum atomic E-state index is -0.841. The number of methoxy groups -OCH3 is 2. The van der Waals surface area contributed by atoms with Crippen molar-refractivity contribution in [3.63, 3.8) is 0 Å². The highest BCUT2D eigenvalue weighted by atomic mass is 35.5. The predicted octanol–water partition coefficient (Wildman–Crippen LogP) is 2.54. The molecule has 7 heteroatoms. The normalized spacial score (nSPS) is 22.4. The number of carboxylic acids is 1. The highest BCUT2D eigenvalue weighted by Gasteiger charge is 2.29. The Bertz CT molecular complexity index is 511. The van der Waals surface area contributed by atoms with E-state index in [0.29, 0.717) is 22.9 Å². The molecule has 1 aliphatic heterocycles. The third-order valence-electron chi connectivity index (χ3n) is 3.14. The van der Waals surface area contributed by atoms with E-state index in [1.54, 1.807) is 24.9 Å². The zero-order valence-corrected chi connectivity index (χ0v) is 12.8. The van der Waals surface area contributed by atoms with E-state index in [0.717, 1.165) is 11.3 Å². The van der Waals surface area contributed by atoms with E-state index in [4.69, 9.17) is 26.2 Å². The molecule has 0 saturated carbocycles. The van der Waals surface area contributed by atoms with Crippen molar-refractivity contribution in [2.24, 2.45) is 0 Å². The Labute approximate surface area is 126 Å². The summed E-state index contributed by atoms with van der Waals surface area (Å²) < 4.78 is 10.5. The molecule has 1 saturated heterocycles. The molecule has 2 rings (SSSR count). The van der Waals surface area contributed by atoms with Crippen molar-refractivity contribution in [2.75, 3.05) is 20.0 Å². The van der Waals surface area contributed by atoms with Gasteiger partial charge in [-0.2, -0.15) is 0 Å². The minimum absolute atomic E-state index is 0.169. The highest BCUT2D eigenvalue weighted by molar-refractivity contribution is 7.99. The first-order valence-electron chi connectivity index (χ1n) is 6.09.